The molecular weight excluding hydrogens is 557 g/mol. The van der Waals surface area contributed by atoms with Crippen LogP contribution in [0.15, 0.2) is 24.3 Å². The fourth-order valence-corrected chi connectivity index (χ4v) is 6.76. The van der Waals surface area contributed by atoms with Gasteiger partial charge < -0.3 is 25.4 Å². The van der Waals surface area contributed by atoms with E-state index in [1.54, 1.807) is 24.3 Å². The van der Waals surface area contributed by atoms with Crippen LogP contribution in [-0.2, 0) is 17.8 Å². The summed E-state index contributed by atoms with van der Waals surface area (Å²) in [6.45, 7) is 6.50. The topological polar surface area (TPSA) is 124 Å². The zero-order valence-corrected chi connectivity index (χ0v) is 23.1. The van der Waals surface area contributed by atoms with Crippen molar-refractivity contribution in [3.63, 3.8) is 0 Å². The standard InChI is InChI=1S/C24H31ClN4O2S.C2HF3O2/c1-2-29(14-16-6-4-3-5-7-16)13-12-19-20(15-29)32-23(21(19)22(26)30)28-24(31)27-18-10-8-17(25)9-11-18;3-2(4,5)1(6)7/h8-11,16H,2-7,12-15H2,1H3,(H3-,26,27,28,30,31);(H,6,7). The Labute approximate surface area is 233 Å². The van der Waals surface area contributed by atoms with Crippen LogP contribution in [0, 0.1) is 5.92 Å². The van der Waals surface area contributed by atoms with Crippen LogP contribution < -0.4 is 21.5 Å². The van der Waals surface area contributed by atoms with Gasteiger partial charge in [-0.25, -0.2) is 4.79 Å². The number of hydrogen-bond donors (Lipinski definition) is 3. The number of nitrogens with one attached hydrogen (secondary N) is 2. The van der Waals surface area contributed by atoms with E-state index in [9.17, 15) is 22.8 Å². The maximum Gasteiger partial charge on any atom is 0.430 e. The third-order valence-electron chi connectivity index (χ3n) is 7.25. The van der Waals surface area contributed by atoms with Gasteiger partial charge in [0, 0.05) is 23.0 Å². The first-order chi connectivity index (χ1) is 18.3. The Morgan fingerprint density at radius 2 is 1.74 bits per heavy atom. The van der Waals surface area contributed by atoms with Gasteiger partial charge in [0.2, 0.25) is 0 Å². The summed E-state index contributed by atoms with van der Waals surface area (Å²) in [4.78, 5) is 34.9. The lowest BCUT2D eigenvalue weighted by Crippen LogP contribution is -2.53. The number of carboxylic acids is 1. The van der Waals surface area contributed by atoms with Crippen LogP contribution in [0.2, 0.25) is 5.02 Å². The monoisotopic (exact) mass is 588 g/mol. The fourth-order valence-electron chi connectivity index (χ4n) is 5.26. The predicted octanol–water partition coefficient (Wildman–Crippen LogP) is 4.92. The number of benzene rings is 1. The average Bonchev–Trinajstić information content (AvgIpc) is 3.22. The summed E-state index contributed by atoms with van der Waals surface area (Å²) >= 11 is 7.41. The van der Waals surface area contributed by atoms with Gasteiger partial charge in [-0.2, -0.15) is 13.2 Å². The molecule has 0 saturated heterocycles. The number of quaternary nitrogens is 1. The van der Waals surface area contributed by atoms with Gasteiger partial charge >= 0.3 is 12.2 Å². The number of thiophene rings is 1. The van der Waals surface area contributed by atoms with Crippen LogP contribution in [0.5, 0.6) is 0 Å². The number of carboxylic acid groups (broad SMARTS) is 1. The van der Waals surface area contributed by atoms with E-state index < -0.39 is 24.1 Å². The maximum absolute atomic E-state index is 12.6. The number of nitrogens with two attached hydrogens (primary N) is 1. The lowest BCUT2D eigenvalue weighted by atomic mass is 9.87. The molecule has 1 aromatic carbocycles. The van der Waals surface area contributed by atoms with Crippen LogP contribution >= 0.6 is 22.9 Å². The molecular formula is C26H32ClF3N4O4S. The van der Waals surface area contributed by atoms with E-state index in [2.05, 4.69) is 17.6 Å². The molecule has 2 aliphatic rings. The molecule has 3 amide bonds. The highest BCUT2D eigenvalue weighted by molar-refractivity contribution is 7.17. The lowest BCUT2D eigenvalue weighted by Gasteiger charge is -2.43. The summed E-state index contributed by atoms with van der Waals surface area (Å²) in [5.41, 5.74) is 7.88. The highest BCUT2D eigenvalue weighted by Crippen LogP contribution is 2.40. The van der Waals surface area contributed by atoms with E-state index in [-0.39, 0.29) is 0 Å². The fraction of sp³-hybridized carbons (Fsp3) is 0.500. The van der Waals surface area contributed by atoms with Crippen LogP contribution in [0.25, 0.3) is 0 Å². The molecule has 13 heteroatoms. The molecule has 1 atom stereocenters. The summed E-state index contributed by atoms with van der Waals surface area (Å²) in [6, 6.07) is 6.49. The predicted molar refractivity (Wildman–Crippen MR) is 143 cm³/mol. The van der Waals surface area contributed by atoms with E-state index in [1.807, 2.05) is 0 Å². The number of alkyl halides is 3. The van der Waals surface area contributed by atoms with Crippen molar-refractivity contribution < 1.29 is 37.1 Å². The number of hydrogen-bond acceptors (Lipinski definition) is 5. The molecule has 1 saturated carbocycles. The molecule has 0 radical (unpaired) electrons. The van der Waals surface area contributed by atoms with E-state index in [0.29, 0.717) is 21.3 Å². The van der Waals surface area contributed by atoms with Crippen LogP contribution in [0.1, 0.15) is 59.8 Å². The molecule has 2 aromatic rings. The van der Waals surface area contributed by atoms with Crippen molar-refractivity contribution in [3.05, 3.63) is 45.3 Å². The summed E-state index contributed by atoms with van der Waals surface area (Å²) in [5.74, 6) is -2.69. The van der Waals surface area contributed by atoms with Crippen molar-refractivity contribution in [2.75, 3.05) is 30.3 Å². The minimum atomic E-state index is -5.19. The Bertz CT molecular complexity index is 1180. The first-order valence-electron chi connectivity index (χ1n) is 12.7. The number of carbonyl (C=O) groups is 3. The number of carbonyl (C=O) groups excluding carboxylic acids is 3. The number of fused-ring (bicyclic) bond motifs is 1. The van der Waals surface area contributed by atoms with Crippen molar-refractivity contribution in [1.82, 2.24) is 0 Å². The normalized spacial score (nSPS) is 19.3. The SMILES string of the molecule is CC[N+]1(CC2CCCCC2)CCc2c(sc(NC(=O)Nc3ccc(Cl)cc3)c2C(N)=O)C1.O=C([O-])C(F)(F)F. The first kappa shape index (κ1) is 30.7. The summed E-state index contributed by atoms with van der Waals surface area (Å²) < 4.78 is 32.6. The van der Waals surface area contributed by atoms with Crippen LogP contribution in [-0.4, -0.2) is 48.2 Å². The number of urea groups is 1. The zero-order chi connectivity index (χ0) is 28.8. The average molecular weight is 589 g/mol. The molecule has 1 aromatic heterocycles. The third kappa shape index (κ3) is 8.33. The van der Waals surface area contributed by atoms with E-state index >= 15 is 0 Å². The Morgan fingerprint density at radius 1 is 1.13 bits per heavy atom. The van der Waals surface area contributed by atoms with Crippen molar-refractivity contribution in [1.29, 1.82) is 0 Å². The van der Waals surface area contributed by atoms with E-state index in [0.717, 1.165) is 42.0 Å². The molecule has 4 rings (SSSR count). The van der Waals surface area contributed by atoms with Crippen molar-refractivity contribution in [2.45, 2.75) is 58.2 Å². The Hall–Kier alpha value is -2.83. The van der Waals surface area contributed by atoms with Gasteiger partial charge in [0.15, 0.2) is 0 Å². The molecule has 2 heterocycles. The van der Waals surface area contributed by atoms with Crippen molar-refractivity contribution in [2.24, 2.45) is 11.7 Å². The van der Waals surface area contributed by atoms with Crippen LogP contribution in [0.3, 0.4) is 0 Å². The second kappa shape index (κ2) is 13.0. The Morgan fingerprint density at radius 3 is 2.28 bits per heavy atom. The number of primary amides is 1. The minimum Gasteiger partial charge on any atom is -0.542 e. The number of aliphatic carboxylic acids is 1. The number of likely N-dealkylation sites (N-methyl/N-ethyl adjacent to an activating group) is 1. The molecule has 1 unspecified atom stereocenters. The summed E-state index contributed by atoms with van der Waals surface area (Å²) in [7, 11) is 0. The minimum absolute atomic E-state index is 0.396. The third-order valence-corrected chi connectivity index (χ3v) is 8.64. The number of nitrogens with zero attached hydrogens (tertiary/aromatic N) is 1. The zero-order valence-electron chi connectivity index (χ0n) is 21.5. The van der Waals surface area contributed by atoms with Gasteiger partial charge in [-0.05, 0) is 49.6 Å². The Balaban J connectivity index is 0.000000532. The summed E-state index contributed by atoms with van der Waals surface area (Å²) in [6.07, 6.45) is 2.36. The van der Waals surface area contributed by atoms with Crippen LogP contribution in [0.4, 0.5) is 28.7 Å². The van der Waals surface area contributed by atoms with Gasteiger partial charge in [0.1, 0.15) is 17.5 Å². The molecule has 8 nitrogen and oxygen atoms in total. The van der Waals surface area contributed by atoms with Crippen molar-refractivity contribution in [3.8, 4) is 0 Å². The highest BCUT2D eigenvalue weighted by Gasteiger charge is 2.38. The molecule has 0 spiro atoms. The second-order valence-corrected chi connectivity index (χ2v) is 11.5. The number of amides is 3. The van der Waals surface area contributed by atoms with Crippen molar-refractivity contribution >= 4 is 51.5 Å². The second-order valence-electron chi connectivity index (χ2n) is 9.92. The van der Waals surface area contributed by atoms with Gasteiger partial charge in [0.05, 0.1) is 30.1 Å². The molecule has 4 N–H and O–H groups in total. The van der Waals surface area contributed by atoms with Gasteiger partial charge in [-0.3, -0.25) is 10.1 Å². The quantitative estimate of drug-likeness (QED) is 0.414. The van der Waals surface area contributed by atoms with Gasteiger partial charge in [0.25, 0.3) is 5.91 Å². The van der Waals surface area contributed by atoms with E-state index in [4.69, 9.17) is 27.2 Å². The molecule has 1 aliphatic heterocycles. The molecule has 1 aliphatic carbocycles. The number of rotatable bonds is 6. The highest BCUT2D eigenvalue weighted by atomic mass is 35.5. The van der Waals surface area contributed by atoms with Gasteiger partial charge in [-0.1, -0.05) is 30.9 Å². The summed E-state index contributed by atoms with van der Waals surface area (Å²) in [5, 5.41) is 15.6. The molecule has 39 heavy (non-hydrogen) atoms. The molecule has 214 valence electrons. The van der Waals surface area contributed by atoms with Gasteiger partial charge in [-0.15, -0.1) is 11.3 Å². The smallest absolute Gasteiger partial charge is 0.430 e. The molecule has 0 bridgehead atoms. The molecule has 1 fully saturated rings. The lowest BCUT2D eigenvalue weighted by molar-refractivity contribution is -0.944. The largest absolute Gasteiger partial charge is 0.542 e. The number of halogens is 4. The number of anilines is 2. The first-order valence-corrected chi connectivity index (χ1v) is 13.9. The Kier molecular flexibility index (Phi) is 10.2. The van der Waals surface area contributed by atoms with E-state index in [1.165, 1.54) is 54.9 Å². The maximum atomic E-state index is 12.6.